The number of ether oxygens (including phenoxy) is 2. The monoisotopic (exact) mass is 236 g/mol. The van der Waals surface area contributed by atoms with Gasteiger partial charge in [-0.15, -0.1) is 0 Å². The number of ketones is 1. The molecular formula is C13H16O4. The van der Waals surface area contributed by atoms with Gasteiger partial charge in [0.25, 0.3) is 0 Å². The van der Waals surface area contributed by atoms with E-state index in [1.807, 2.05) is 0 Å². The smallest absolute Gasteiger partial charge is 0.315 e. The molecule has 0 aliphatic rings. The van der Waals surface area contributed by atoms with Crippen LogP contribution < -0.4 is 4.74 Å². The molecule has 0 heterocycles. The second-order valence-corrected chi connectivity index (χ2v) is 3.74. The Morgan fingerprint density at radius 3 is 2.24 bits per heavy atom. The van der Waals surface area contributed by atoms with Crippen LogP contribution in [0.15, 0.2) is 24.3 Å². The van der Waals surface area contributed by atoms with Gasteiger partial charge in [0.1, 0.15) is 11.7 Å². The molecule has 0 spiro atoms. The second kappa shape index (κ2) is 6.03. The summed E-state index contributed by atoms with van der Waals surface area (Å²) in [5.41, 5.74) is 0.853. The lowest BCUT2D eigenvalue weighted by Crippen LogP contribution is -2.23. The Labute approximate surface area is 101 Å². The van der Waals surface area contributed by atoms with Crippen LogP contribution in [0.3, 0.4) is 0 Å². The summed E-state index contributed by atoms with van der Waals surface area (Å²) in [5.74, 6) is -0.630. The van der Waals surface area contributed by atoms with Crippen molar-refractivity contribution >= 4 is 11.8 Å². The highest BCUT2D eigenvalue weighted by Gasteiger charge is 2.21. The largest absolute Gasteiger partial charge is 0.497 e. The Bertz CT molecular complexity index is 394. The van der Waals surface area contributed by atoms with Gasteiger partial charge in [0.15, 0.2) is 5.78 Å². The summed E-state index contributed by atoms with van der Waals surface area (Å²) in [6.07, 6.45) is 0.222. The van der Waals surface area contributed by atoms with E-state index < -0.39 is 11.9 Å². The van der Waals surface area contributed by atoms with Crippen LogP contribution in [-0.2, 0) is 20.7 Å². The molecule has 0 saturated heterocycles. The van der Waals surface area contributed by atoms with Crippen molar-refractivity contribution in [2.24, 2.45) is 5.92 Å². The summed E-state index contributed by atoms with van der Waals surface area (Å²) in [4.78, 5) is 22.9. The molecule has 4 heteroatoms. The van der Waals surface area contributed by atoms with Gasteiger partial charge in [0, 0.05) is 6.42 Å². The topological polar surface area (TPSA) is 52.6 Å². The summed E-state index contributed by atoms with van der Waals surface area (Å²) in [6.45, 7) is 1.55. The molecule has 17 heavy (non-hydrogen) atoms. The fourth-order valence-electron chi connectivity index (χ4n) is 1.41. The van der Waals surface area contributed by atoms with E-state index in [1.165, 1.54) is 7.11 Å². The van der Waals surface area contributed by atoms with E-state index in [2.05, 4.69) is 4.74 Å². The molecule has 0 aliphatic heterocycles. The lowest BCUT2D eigenvalue weighted by Gasteiger charge is -2.08. The number of hydrogen-bond acceptors (Lipinski definition) is 4. The van der Waals surface area contributed by atoms with Gasteiger partial charge < -0.3 is 9.47 Å². The van der Waals surface area contributed by atoms with Gasteiger partial charge in [0.2, 0.25) is 0 Å². The highest BCUT2D eigenvalue weighted by molar-refractivity contribution is 5.99. The molecule has 0 bridgehead atoms. The van der Waals surface area contributed by atoms with Crippen molar-refractivity contribution in [1.29, 1.82) is 0 Å². The fourth-order valence-corrected chi connectivity index (χ4v) is 1.41. The number of benzene rings is 1. The average molecular weight is 236 g/mol. The Hall–Kier alpha value is -1.84. The van der Waals surface area contributed by atoms with Crippen LogP contribution in [0, 0.1) is 5.92 Å². The fraction of sp³-hybridized carbons (Fsp3) is 0.385. The third kappa shape index (κ3) is 3.59. The van der Waals surface area contributed by atoms with Crippen LogP contribution in [0.1, 0.15) is 12.5 Å². The number of carbonyl (C=O) groups excluding carboxylic acids is 2. The van der Waals surface area contributed by atoms with Gasteiger partial charge >= 0.3 is 5.97 Å². The molecule has 92 valence electrons. The number of Topliss-reactive ketones (excluding diaryl/α,β-unsaturated/α-hetero) is 1. The number of methoxy groups -OCH3 is 2. The first-order valence-corrected chi connectivity index (χ1v) is 5.32. The molecular weight excluding hydrogens is 220 g/mol. The Morgan fingerprint density at radius 2 is 1.76 bits per heavy atom. The van der Waals surface area contributed by atoms with Crippen molar-refractivity contribution in [3.8, 4) is 5.75 Å². The van der Waals surface area contributed by atoms with E-state index in [1.54, 1.807) is 38.3 Å². The average Bonchev–Trinajstić information content (AvgIpc) is 2.37. The van der Waals surface area contributed by atoms with Crippen LogP contribution in [0.2, 0.25) is 0 Å². The zero-order chi connectivity index (χ0) is 12.8. The summed E-state index contributed by atoms with van der Waals surface area (Å²) in [7, 11) is 2.86. The molecule has 1 aromatic rings. The Kier molecular flexibility index (Phi) is 4.69. The molecule has 0 radical (unpaired) electrons. The van der Waals surface area contributed by atoms with Gasteiger partial charge in [0.05, 0.1) is 14.2 Å². The molecule has 0 amide bonds. The SMILES string of the molecule is COC(=O)C(C)C(=O)Cc1ccc(OC)cc1. The third-order valence-electron chi connectivity index (χ3n) is 2.58. The quantitative estimate of drug-likeness (QED) is 0.575. The van der Waals surface area contributed by atoms with E-state index in [9.17, 15) is 9.59 Å². The summed E-state index contributed by atoms with van der Waals surface area (Å²) in [6, 6.07) is 7.18. The van der Waals surface area contributed by atoms with Gasteiger partial charge in [-0.2, -0.15) is 0 Å². The molecule has 1 rings (SSSR count). The van der Waals surface area contributed by atoms with E-state index in [4.69, 9.17) is 4.74 Å². The number of carbonyl (C=O) groups is 2. The van der Waals surface area contributed by atoms with E-state index >= 15 is 0 Å². The van der Waals surface area contributed by atoms with E-state index in [0.717, 1.165) is 11.3 Å². The first-order valence-electron chi connectivity index (χ1n) is 5.32. The standard InChI is InChI=1S/C13H16O4/c1-9(13(15)17-3)12(14)8-10-4-6-11(16-2)7-5-10/h4-7,9H,8H2,1-3H3. The van der Waals surface area contributed by atoms with Crippen LogP contribution in [0.25, 0.3) is 0 Å². The predicted molar refractivity (Wildman–Crippen MR) is 62.9 cm³/mol. The third-order valence-corrected chi connectivity index (χ3v) is 2.58. The van der Waals surface area contributed by atoms with E-state index in [-0.39, 0.29) is 12.2 Å². The summed E-state index contributed by atoms with van der Waals surface area (Å²) in [5, 5.41) is 0. The molecule has 1 unspecified atom stereocenters. The molecule has 1 aromatic carbocycles. The van der Waals surface area contributed by atoms with Gasteiger partial charge in [-0.1, -0.05) is 12.1 Å². The molecule has 4 nitrogen and oxygen atoms in total. The molecule has 0 N–H and O–H groups in total. The van der Waals surface area contributed by atoms with Crippen LogP contribution in [-0.4, -0.2) is 26.0 Å². The molecule has 1 atom stereocenters. The van der Waals surface area contributed by atoms with Crippen molar-refractivity contribution in [3.05, 3.63) is 29.8 Å². The number of rotatable bonds is 5. The molecule has 0 fully saturated rings. The lowest BCUT2D eigenvalue weighted by molar-refractivity contribution is -0.148. The number of hydrogen-bond donors (Lipinski definition) is 0. The maximum Gasteiger partial charge on any atom is 0.315 e. The summed E-state index contributed by atoms with van der Waals surface area (Å²) < 4.78 is 9.55. The van der Waals surface area contributed by atoms with Crippen LogP contribution in [0.4, 0.5) is 0 Å². The van der Waals surface area contributed by atoms with E-state index in [0.29, 0.717) is 0 Å². The van der Waals surface area contributed by atoms with Crippen molar-refractivity contribution in [2.45, 2.75) is 13.3 Å². The van der Waals surface area contributed by atoms with Crippen molar-refractivity contribution in [3.63, 3.8) is 0 Å². The second-order valence-electron chi connectivity index (χ2n) is 3.74. The van der Waals surface area contributed by atoms with Gasteiger partial charge in [-0.3, -0.25) is 9.59 Å². The Balaban J connectivity index is 2.64. The van der Waals surface area contributed by atoms with Crippen molar-refractivity contribution in [1.82, 2.24) is 0 Å². The minimum Gasteiger partial charge on any atom is -0.497 e. The first-order chi connectivity index (χ1) is 8.08. The highest BCUT2D eigenvalue weighted by atomic mass is 16.5. The van der Waals surface area contributed by atoms with Crippen molar-refractivity contribution < 1.29 is 19.1 Å². The zero-order valence-corrected chi connectivity index (χ0v) is 10.2. The predicted octanol–water partition coefficient (Wildman–Crippen LogP) is 1.62. The molecule has 0 saturated carbocycles. The molecule has 0 aromatic heterocycles. The molecule has 0 aliphatic carbocycles. The van der Waals surface area contributed by atoms with Crippen molar-refractivity contribution in [2.75, 3.05) is 14.2 Å². The first kappa shape index (κ1) is 13.2. The highest BCUT2D eigenvalue weighted by Crippen LogP contribution is 2.13. The minimum absolute atomic E-state index is 0.151. The maximum absolute atomic E-state index is 11.7. The maximum atomic E-state index is 11.7. The lowest BCUT2D eigenvalue weighted by atomic mass is 9.99. The Morgan fingerprint density at radius 1 is 1.18 bits per heavy atom. The number of esters is 1. The van der Waals surface area contributed by atoms with Gasteiger partial charge in [-0.05, 0) is 24.6 Å². The van der Waals surface area contributed by atoms with Gasteiger partial charge in [-0.25, -0.2) is 0 Å². The zero-order valence-electron chi connectivity index (χ0n) is 10.2. The minimum atomic E-state index is -0.720. The van der Waals surface area contributed by atoms with Crippen LogP contribution in [0.5, 0.6) is 5.75 Å². The summed E-state index contributed by atoms with van der Waals surface area (Å²) >= 11 is 0. The van der Waals surface area contributed by atoms with Crippen LogP contribution >= 0.6 is 0 Å². The normalized spacial score (nSPS) is 11.7.